The summed E-state index contributed by atoms with van der Waals surface area (Å²) in [6, 6.07) is 6.07. The smallest absolute Gasteiger partial charge is 0.0482 e. The average molecular weight is 706 g/mol. The van der Waals surface area contributed by atoms with Gasteiger partial charge < -0.3 is 0 Å². The zero-order valence-corrected chi connectivity index (χ0v) is 20.0. The summed E-state index contributed by atoms with van der Waals surface area (Å²) >= 11 is 25.2. The number of hydrogen-bond donors (Lipinski definition) is 0. The van der Waals surface area contributed by atoms with Crippen LogP contribution in [0.5, 0.6) is 0 Å². The van der Waals surface area contributed by atoms with E-state index in [1.165, 1.54) is 0 Å². The molecule has 0 aromatic heterocycles. The van der Waals surface area contributed by atoms with Gasteiger partial charge in [0.25, 0.3) is 0 Å². The summed E-state index contributed by atoms with van der Waals surface area (Å²) in [4.78, 5) is 0. The van der Waals surface area contributed by atoms with Crippen molar-refractivity contribution in [3.63, 3.8) is 0 Å². The van der Waals surface area contributed by atoms with Crippen molar-refractivity contribution in [1.82, 2.24) is 0 Å². The second kappa shape index (κ2) is 6.92. The van der Waals surface area contributed by atoms with Gasteiger partial charge in [0.2, 0.25) is 0 Å². The zero-order valence-electron chi connectivity index (χ0n) is 8.88. The van der Waals surface area contributed by atoms with Gasteiger partial charge in [0, 0.05) is 36.9 Å². The van der Waals surface area contributed by atoms with E-state index in [2.05, 4.69) is 118 Å². The van der Waals surface area contributed by atoms with Crippen LogP contribution < -0.4 is 0 Å². The monoisotopic (exact) mass is 699 g/mol. The van der Waals surface area contributed by atoms with Gasteiger partial charge in [0.15, 0.2) is 0 Å². The summed E-state index contributed by atoms with van der Waals surface area (Å²) in [5.74, 6) is 0. The van der Waals surface area contributed by atoms with Crippen LogP contribution in [0, 0.1) is 0 Å². The molecule has 0 radical (unpaired) electrons. The molecule has 0 saturated carbocycles. The molecule has 0 nitrogen and oxygen atoms in total. The molecule has 0 unspecified atom stereocenters. The van der Waals surface area contributed by atoms with Crippen molar-refractivity contribution < 1.29 is 0 Å². The molecule has 0 fully saturated rings. The fourth-order valence-electron chi connectivity index (χ4n) is 1.54. The van der Waals surface area contributed by atoms with Crippen molar-refractivity contribution in [1.29, 1.82) is 0 Å². The maximum absolute atomic E-state index is 3.65. The minimum atomic E-state index is 0.959. The lowest BCUT2D eigenvalue weighted by atomic mass is 10.1. The Morgan fingerprint density at radius 2 is 1.00 bits per heavy atom. The summed E-state index contributed by atoms with van der Waals surface area (Å²) in [7, 11) is 0. The maximum atomic E-state index is 3.65. The molecule has 0 aliphatic carbocycles. The average Bonchev–Trinajstić information content (AvgIpc) is 2.39. The Kier molecular flexibility index (Phi) is 6.25. The van der Waals surface area contributed by atoms with E-state index in [0.717, 1.165) is 42.4 Å². The van der Waals surface area contributed by atoms with Gasteiger partial charge in [0.1, 0.15) is 0 Å². The summed E-state index contributed by atoms with van der Waals surface area (Å²) in [5.41, 5.74) is 2.15. The fraction of sp³-hybridized carbons (Fsp3) is 0. The molecule has 19 heavy (non-hydrogen) atoms. The normalized spacial score (nSPS) is 10.9. The molecular formula is C12H3Br7. The van der Waals surface area contributed by atoms with Crippen LogP contribution in [0.15, 0.2) is 49.5 Å². The molecule has 0 atom stereocenters. The number of benzene rings is 2. The lowest BCUT2D eigenvalue weighted by Gasteiger charge is -2.15. The van der Waals surface area contributed by atoms with Crippen LogP contribution >= 0.6 is 112 Å². The summed E-state index contributed by atoms with van der Waals surface area (Å²) in [5, 5.41) is 0. The molecular weight excluding hydrogens is 703 g/mol. The van der Waals surface area contributed by atoms with Crippen molar-refractivity contribution >= 4 is 112 Å². The maximum Gasteiger partial charge on any atom is 0.0482 e. The van der Waals surface area contributed by atoms with E-state index < -0.39 is 0 Å². The minimum Gasteiger partial charge on any atom is -0.0604 e. The van der Waals surface area contributed by atoms with E-state index in [1.807, 2.05) is 12.1 Å². The topological polar surface area (TPSA) is 0 Å². The van der Waals surface area contributed by atoms with Crippen LogP contribution in [0.4, 0.5) is 0 Å². The Bertz CT molecular complexity index is 635. The van der Waals surface area contributed by atoms with Crippen LogP contribution in [-0.2, 0) is 0 Å². The van der Waals surface area contributed by atoms with Crippen LogP contribution in [0.2, 0.25) is 0 Å². The highest BCUT2D eigenvalue weighted by atomic mass is 79.9. The van der Waals surface area contributed by atoms with E-state index in [9.17, 15) is 0 Å². The van der Waals surface area contributed by atoms with E-state index >= 15 is 0 Å². The van der Waals surface area contributed by atoms with Crippen molar-refractivity contribution in [2.24, 2.45) is 0 Å². The van der Waals surface area contributed by atoms with Gasteiger partial charge >= 0.3 is 0 Å². The first-order valence-corrected chi connectivity index (χ1v) is 10.4. The highest BCUT2D eigenvalue weighted by molar-refractivity contribution is 9.16. The van der Waals surface area contributed by atoms with E-state index in [1.54, 1.807) is 0 Å². The van der Waals surface area contributed by atoms with Crippen molar-refractivity contribution in [3.8, 4) is 11.1 Å². The van der Waals surface area contributed by atoms with Crippen LogP contribution in [0.1, 0.15) is 0 Å². The van der Waals surface area contributed by atoms with Gasteiger partial charge in [-0.15, -0.1) is 0 Å². The first kappa shape index (κ1) is 17.2. The second-order valence-corrected chi connectivity index (χ2v) is 9.16. The second-order valence-electron chi connectivity index (χ2n) is 3.55. The van der Waals surface area contributed by atoms with Gasteiger partial charge in [0.05, 0.1) is 0 Å². The van der Waals surface area contributed by atoms with Gasteiger partial charge in [-0.25, -0.2) is 0 Å². The Balaban J connectivity index is 2.87. The summed E-state index contributed by atoms with van der Waals surface area (Å²) < 4.78 is 6.87. The Morgan fingerprint density at radius 3 is 1.53 bits per heavy atom. The molecule has 100 valence electrons. The predicted molar refractivity (Wildman–Crippen MR) is 106 cm³/mol. The van der Waals surface area contributed by atoms with Crippen LogP contribution in [-0.4, -0.2) is 0 Å². The largest absolute Gasteiger partial charge is 0.0604 e. The third-order valence-electron chi connectivity index (χ3n) is 2.43. The third-order valence-corrected chi connectivity index (χ3v) is 10.6. The van der Waals surface area contributed by atoms with E-state index in [-0.39, 0.29) is 0 Å². The highest BCUT2D eigenvalue weighted by Gasteiger charge is 2.20. The first-order valence-electron chi connectivity index (χ1n) is 4.82. The van der Waals surface area contributed by atoms with Crippen molar-refractivity contribution in [2.45, 2.75) is 0 Å². The first-order chi connectivity index (χ1) is 8.86. The lowest BCUT2D eigenvalue weighted by Crippen LogP contribution is -1.89. The molecule has 7 heteroatoms. The molecule has 0 aliphatic heterocycles. The van der Waals surface area contributed by atoms with Gasteiger partial charge in [-0.1, -0.05) is 12.1 Å². The number of halogens is 7. The lowest BCUT2D eigenvalue weighted by molar-refractivity contribution is 1.43. The SMILES string of the molecule is Brc1cccc(-c2c(Br)c(Br)c(Br)c(Br)c2Br)c1Br. The molecule has 0 heterocycles. The Morgan fingerprint density at radius 1 is 0.526 bits per heavy atom. The predicted octanol–water partition coefficient (Wildman–Crippen LogP) is 8.69. The minimum absolute atomic E-state index is 0.959. The Hall–Kier alpha value is 1.80. The molecule has 0 spiro atoms. The van der Waals surface area contributed by atoms with Gasteiger partial charge in [-0.05, 0) is 123 Å². The molecule has 2 aromatic rings. The number of rotatable bonds is 1. The van der Waals surface area contributed by atoms with E-state index in [4.69, 9.17) is 0 Å². The van der Waals surface area contributed by atoms with Gasteiger partial charge in [-0.2, -0.15) is 0 Å². The third kappa shape index (κ3) is 3.27. The highest BCUT2D eigenvalue weighted by Crippen LogP contribution is 2.50. The summed E-state index contributed by atoms with van der Waals surface area (Å²) in [6.45, 7) is 0. The van der Waals surface area contributed by atoms with Crippen LogP contribution in [0.25, 0.3) is 11.1 Å². The molecule has 2 rings (SSSR count). The molecule has 0 bridgehead atoms. The van der Waals surface area contributed by atoms with Crippen molar-refractivity contribution in [2.75, 3.05) is 0 Å². The molecule has 0 aliphatic rings. The molecule has 0 saturated heterocycles. The van der Waals surface area contributed by atoms with Gasteiger partial charge in [-0.3, -0.25) is 0 Å². The molecule has 0 amide bonds. The molecule has 2 aromatic carbocycles. The van der Waals surface area contributed by atoms with Crippen LogP contribution in [0.3, 0.4) is 0 Å². The molecule has 0 N–H and O–H groups in total. The summed E-state index contributed by atoms with van der Waals surface area (Å²) in [6.07, 6.45) is 0. The quantitative estimate of drug-likeness (QED) is 0.206. The standard InChI is InChI=1S/C12H3Br7/c13-5-3-1-2-4(7(5)14)6-8(15)10(17)12(19)11(18)9(6)16/h1-3H. The van der Waals surface area contributed by atoms with E-state index in [0.29, 0.717) is 0 Å². The van der Waals surface area contributed by atoms with Crippen molar-refractivity contribution in [3.05, 3.63) is 49.5 Å². The number of hydrogen-bond acceptors (Lipinski definition) is 0. The Labute approximate surface area is 170 Å². The fourth-order valence-corrected chi connectivity index (χ4v) is 5.84. The zero-order chi connectivity index (χ0) is 14.3.